The standard InChI is InChI=1S/C11H12O/c1-8-7-10-5-3-4-6-11(10)12-9(8)2/h3-7,9H,1-2H3/t9-/m0/s1. The molecule has 0 N–H and O–H groups in total. The lowest BCUT2D eigenvalue weighted by molar-refractivity contribution is 0.253. The second kappa shape index (κ2) is 2.67. The molecule has 0 amide bonds. The Labute approximate surface area is 72.7 Å². The SMILES string of the molecule is CC1=Cc2ccccc2O[C@H]1C. The highest BCUT2D eigenvalue weighted by atomic mass is 16.5. The van der Waals surface area contributed by atoms with E-state index in [1.165, 1.54) is 11.1 Å². The molecular formula is C11H12O. The molecule has 0 radical (unpaired) electrons. The molecule has 0 aromatic heterocycles. The van der Waals surface area contributed by atoms with Gasteiger partial charge in [0.2, 0.25) is 0 Å². The normalized spacial score (nSPS) is 20.8. The minimum Gasteiger partial charge on any atom is -0.486 e. The summed E-state index contributed by atoms with van der Waals surface area (Å²) in [5.74, 6) is 0.996. The fourth-order valence-corrected chi connectivity index (χ4v) is 1.35. The van der Waals surface area contributed by atoms with E-state index in [2.05, 4.69) is 26.0 Å². The second-order valence-corrected chi connectivity index (χ2v) is 3.19. The topological polar surface area (TPSA) is 9.23 Å². The summed E-state index contributed by atoms with van der Waals surface area (Å²) in [7, 11) is 0. The Hall–Kier alpha value is -1.24. The average molecular weight is 160 g/mol. The molecule has 0 aliphatic carbocycles. The molecule has 1 aliphatic heterocycles. The zero-order valence-electron chi connectivity index (χ0n) is 7.37. The molecule has 0 saturated heterocycles. The van der Waals surface area contributed by atoms with Crippen molar-refractivity contribution in [2.24, 2.45) is 0 Å². The van der Waals surface area contributed by atoms with Crippen LogP contribution in [0.25, 0.3) is 6.08 Å². The van der Waals surface area contributed by atoms with Gasteiger partial charge in [-0.2, -0.15) is 0 Å². The number of ether oxygens (including phenoxy) is 1. The van der Waals surface area contributed by atoms with Crippen LogP contribution in [0.3, 0.4) is 0 Å². The summed E-state index contributed by atoms with van der Waals surface area (Å²) < 4.78 is 5.68. The van der Waals surface area contributed by atoms with Crippen molar-refractivity contribution in [3.63, 3.8) is 0 Å². The van der Waals surface area contributed by atoms with Crippen molar-refractivity contribution in [1.29, 1.82) is 0 Å². The van der Waals surface area contributed by atoms with E-state index in [4.69, 9.17) is 4.74 Å². The first-order chi connectivity index (χ1) is 5.77. The first kappa shape index (κ1) is 7.41. The number of fused-ring (bicyclic) bond motifs is 1. The number of para-hydroxylation sites is 1. The number of hydrogen-bond donors (Lipinski definition) is 0. The van der Waals surface area contributed by atoms with Gasteiger partial charge < -0.3 is 4.74 Å². The molecule has 1 aromatic carbocycles. The van der Waals surface area contributed by atoms with E-state index in [1.807, 2.05) is 18.2 Å². The molecule has 62 valence electrons. The van der Waals surface area contributed by atoms with Crippen LogP contribution in [0, 0.1) is 0 Å². The minimum atomic E-state index is 0.222. The minimum absolute atomic E-state index is 0.222. The van der Waals surface area contributed by atoms with Gasteiger partial charge >= 0.3 is 0 Å². The smallest absolute Gasteiger partial charge is 0.127 e. The highest BCUT2D eigenvalue weighted by Crippen LogP contribution is 2.28. The van der Waals surface area contributed by atoms with Crippen molar-refractivity contribution in [2.75, 3.05) is 0 Å². The van der Waals surface area contributed by atoms with Gasteiger partial charge in [-0.15, -0.1) is 0 Å². The third-order valence-corrected chi connectivity index (χ3v) is 2.25. The molecule has 0 fully saturated rings. The van der Waals surface area contributed by atoms with E-state index in [-0.39, 0.29) is 6.10 Å². The molecule has 1 nitrogen and oxygen atoms in total. The van der Waals surface area contributed by atoms with Crippen LogP contribution < -0.4 is 4.74 Å². The molecule has 1 aromatic rings. The van der Waals surface area contributed by atoms with Crippen molar-refractivity contribution >= 4 is 6.08 Å². The second-order valence-electron chi connectivity index (χ2n) is 3.19. The van der Waals surface area contributed by atoms with E-state index >= 15 is 0 Å². The Morgan fingerprint density at radius 2 is 2.00 bits per heavy atom. The van der Waals surface area contributed by atoms with Crippen molar-refractivity contribution in [2.45, 2.75) is 20.0 Å². The van der Waals surface area contributed by atoms with Gasteiger partial charge in [-0.3, -0.25) is 0 Å². The fraction of sp³-hybridized carbons (Fsp3) is 0.273. The van der Waals surface area contributed by atoms with Crippen molar-refractivity contribution in [1.82, 2.24) is 0 Å². The van der Waals surface area contributed by atoms with Crippen LogP contribution in [0.2, 0.25) is 0 Å². The summed E-state index contributed by atoms with van der Waals surface area (Å²) in [5, 5.41) is 0. The Balaban J connectivity index is 2.49. The lowest BCUT2D eigenvalue weighted by Crippen LogP contribution is -2.16. The van der Waals surface area contributed by atoms with Gasteiger partial charge in [0.15, 0.2) is 0 Å². The van der Waals surface area contributed by atoms with E-state index < -0.39 is 0 Å². The van der Waals surface area contributed by atoms with Crippen LogP contribution in [0.5, 0.6) is 5.75 Å². The Kier molecular flexibility index (Phi) is 1.65. The van der Waals surface area contributed by atoms with Crippen LogP contribution in [0.15, 0.2) is 29.8 Å². The summed E-state index contributed by atoms with van der Waals surface area (Å²) in [6.45, 7) is 4.17. The molecule has 0 unspecified atom stereocenters. The summed E-state index contributed by atoms with van der Waals surface area (Å²) in [5.41, 5.74) is 2.47. The molecule has 1 heterocycles. The quantitative estimate of drug-likeness (QED) is 0.567. The predicted molar refractivity (Wildman–Crippen MR) is 50.2 cm³/mol. The van der Waals surface area contributed by atoms with Crippen molar-refractivity contribution < 1.29 is 4.74 Å². The third kappa shape index (κ3) is 1.11. The Bertz CT molecular complexity index is 326. The van der Waals surface area contributed by atoms with Crippen LogP contribution in [-0.2, 0) is 0 Å². The van der Waals surface area contributed by atoms with Crippen LogP contribution in [0.4, 0.5) is 0 Å². The average Bonchev–Trinajstić information content (AvgIpc) is 2.07. The van der Waals surface area contributed by atoms with Crippen LogP contribution in [-0.4, -0.2) is 6.10 Å². The molecule has 0 spiro atoms. The molecular weight excluding hydrogens is 148 g/mol. The first-order valence-electron chi connectivity index (χ1n) is 4.21. The lowest BCUT2D eigenvalue weighted by atomic mass is 10.0. The maximum absolute atomic E-state index is 5.68. The van der Waals surface area contributed by atoms with Crippen LogP contribution >= 0.6 is 0 Å². The number of benzene rings is 1. The predicted octanol–water partition coefficient (Wildman–Crippen LogP) is 2.87. The first-order valence-corrected chi connectivity index (χ1v) is 4.21. The Morgan fingerprint density at radius 1 is 1.25 bits per heavy atom. The number of hydrogen-bond acceptors (Lipinski definition) is 1. The summed E-state index contributed by atoms with van der Waals surface area (Å²) in [6, 6.07) is 8.11. The molecule has 1 aliphatic rings. The highest BCUT2D eigenvalue weighted by Gasteiger charge is 2.13. The highest BCUT2D eigenvalue weighted by molar-refractivity contribution is 5.62. The molecule has 12 heavy (non-hydrogen) atoms. The molecule has 2 rings (SSSR count). The summed E-state index contributed by atoms with van der Waals surface area (Å²) in [4.78, 5) is 0. The Morgan fingerprint density at radius 3 is 2.83 bits per heavy atom. The molecule has 0 bridgehead atoms. The van der Waals surface area contributed by atoms with Gasteiger partial charge in [-0.05, 0) is 31.6 Å². The third-order valence-electron chi connectivity index (χ3n) is 2.25. The van der Waals surface area contributed by atoms with E-state index in [0.29, 0.717) is 0 Å². The maximum atomic E-state index is 5.68. The van der Waals surface area contributed by atoms with Gasteiger partial charge in [-0.25, -0.2) is 0 Å². The zero-order chi connectivity index (χ0) is 8.55. The van der Waals surface area contributed by atoms with Gasteiger partial charge in [0, 0.05) is 5.56 Å². The van der Waals surface area contributed by atoms with Crippen molar-refractivity contribution in [3.8, 4) is 5.75 Å². The molecule has 0 saturated carbocycles. The number of rotatable bonds is 0. The fourth-order valence-electron chi connectivity index (χ4n) is 1.35. The summed E-state index contributed by atoms with van der Waals surface area (Å²) >= 11 is 0. The monoisotopic (exact) mass is 160 g/mol. The zero-order valence-corrected chi connectivity index (χ0v) is 7.37. The van der Waals surface area contributed by atoms with E-state index in [9.17, 15) is 0 Å². The van der Waals surface area contributed by atoms with Gasteiger partial charge in [0.1, 0.15) is 11.9 Å². The van der Waals surface area contributed by atoms with Gasteiger partial charge in [0.05, 0.1) is 0 Å². The molecule has 1 atom stereocenters. The van der Waals surface area contributed by atoms with E-state index in [0.717, 1.165) is 5.75 Å². The van der Waals surface area contributed by atoms with Crippen molar-refractivity contribution in [3.05, 3.63) is 35.4 Å². The largest absolute Gasteiger partial charge is 0.486 e. The van der Waals surface area contributed by atoms with Gasteiger partial charge in [0.25, 0.3) is 0 Å². The van der Waals surface area contributed by atoms with Gasteiger partial charge in [-0.1, -0.05) is 18.2 Å². The maximum Gasteiger partial charge on any atom is 0.127 e. The molecule has 1 heteroatoms. The summed E-state index contributed by atoms with van der Waals surface area (Å²) in [6.07, 6.45) is 2.41. The van der Waals surface area contributed by atoms with Crippen LogP contribution in [0.1, 0.15) is 19.4 Å². The van der Waals surface area contributed by atoms with E-state index in [1.54, 1.807) is 0 Å². The lowest BCUT2D eigenvalue weighted by Gasteiger charge is -2.22.